The molecule has 10 nitrogen and oxygen atoms in total. The number of sulfonamides is 1. The molecule has 3 rings (SSSR count). The van der Waals surface area contributed by atoms with E-state index in [-0.39, 0.29) is 29.2 Å². The van der Waals surface area contributed by atoms with Crippen molar-refractivity contribution in [3.8, 4) is 0 Å². The Labute approximate surface area is 228 Å². The fourth-order valence-electron chi connectivity index (χ4n) is 3.69. The molecule has 14 heteroatoms. The highest BCUT2D eigenvalue weighted by Crippen LogP contribution is 2.34. The number of nitrogens with one attached hydrogen (secondary N) is 2. The second-order valence-electron chi connectivity index (χ2n) is 8.09. The van der Waals surface area contributed by atoms with E-state index in [9.17, 15) is 28.4 Å². The second-order valence-corrected chi connectivity index (χ2v) is 10.7. The van der Waals surface area contributed by atoms with Crippen LogP contribution >= 0.6 is 23.2 Å². The number of benzene rings is 2. The van der Waals surface area contributed by atoms with Crippen LogP contribution in [0.3, 0.4) is 0 Å². The van der Waals surface area contributed by atoms with Gasteiger partial charge in [0.05, 0.1) is 17.2 Å². The van der Waals surface area contributed by atoms with Gasteiger partial charge in [-0.25, -0.2) is 17.5 Å². The molecule has 3 N–H and O–H groups in total. The number of aliphatic hydroxyl groups is 1. The van der Waals surface area contributed by atoms with Crippen LogP contribution in [0, 0.1) is 10.1 Å². The molecule has 1 amide bonds. The Kier molecular flexibility index (Phi) is 9.74. The van der Waals surface area contributed by atoms with Gasteiger partial charge in [0.1, 0.15) is 0 Å². The van der Waals surface area contributed by atoms with E-state index in [2.05, 4.69) is 15.0 Å². The van der Waals surface area contributed by atoms with E-state index in [4.69, 9.17) is 23.2 Å². The molecular formula is C24H23Cl2FN4O6S. The van der Waals surface area contributed by atoms with Gasteiger partial charge in [-0.1, -0.05) is 47.5 Å². The molecule has 0 fully saturated rings. The monoisotopic (exact) mass is 584 g/mol. The van der Waals surface area contributed by atoms with Crippen LogP contribution in [0.4, 0.5) is 10.1 Å². The van der Waals surface area contributed by atoms with Crippen molar-refractivity contribution in [3.05, 3.63) is 97.8 Å². The first-order valence-corrected chi connectivity index (χ1v) is 13.4. The smallest absolute Gasteiger partial charge is 0.289 e. The third-order valence-electron chi connectivity index (χ3n) is 5.59. The van der Waals surface area contributed by atoms with Crippen LogP contribution in [0.15, 0.2) is 65.7 Å². The Morgan fingerprint density at radius 3 is 2.55 bits per heavy atom. The molecule has 38 heavy (non-hydrogen) atoms. The Morgan fingerprint density at radius 1 is 1.13 bits per heavy atom. The average Bonchev–Trinajstić information content (AvgIpc) is 2.90. The Hall–Kier alpha value is -3.16. The Morgan fingerprint density at radius 2 is 1.87 bits per heavy atom. The molecule has 0 saturated heterocycles. The number of nitrogens with zero attached hydrogens (tertiary/aromatic N) is 2. The molecule has 0 aliphatic heterocycles. The zero-order chi connectivity index (χ0) is 27.9. The van der Waals surface area contributed by atoms with Crippen molar-refractivity contribution in [2.24, 2.45) is 0 Å². The van der Waals surface area contributed by atoms with E-state index in [1.165, 1.54) is 36.5 Å². The summed E-state index contributed by atoms with van der Waals surface area (Å²) in [4.78, 5) is 27.1. The van der Waals surface area contributed by atoms with E-state index in [0.29, 0.717) is 10.6 Å². The molecule has 0 saturated carbocycles. The molecule has 0 aliphatic rings. The van der Waals surface area contributed by atoms with Crippen molar-refractivity contribution < 1.29 is 27.6 Å². The summed E-state index contributed by atoms with van der Waals surface area (Å²) in [6.45, 7) is -1.09. The van der Waals surface area contributed by atoms with Crippen molar-refractivity contribution in [1.82, 2.24) is 15.0 Å². The fraction of sp³-hybridized carbons (Fsp3) is 0.250. The number of aromatic nitrogens is 1. The third kappa shape index (κ3) is 6.83. The normalized spacial score (nSPS) is 13.1. The topological polar surface area (TPSA) is 152 Å². The Bertz CT molecular complexity index is 1440. The lowest BCUT2D eigenvalue weighted by Crippen LogP contribution is -2.42. The minimum atomic E-state index is -4.41. The van der Waals surface area contributed by atoms with Gasteiger partial charge in [0.2, 0.25) is 15.7 Å². The largest absolute Gasteiger partial charge is 0.396 e. The number of hydrogen-bond acceptors (Lipinski definition) is 7. The van der Waals surface area contributed by atoms with Crippen LogP contribution in [0.25, 0.3) is 0 Å². The number of pyridine rings is 1. The van der Waals surface area contributed by atoms with Crippen LogP contribution in [-0.4, -0.2) is 35.9 Å². The van der Waals surface area contributed by atoms with Gasteiger partial charge in [0.15, 0.2) is 4.90 Å². The molecule has 1 aromatic heterocycles. The molecule has 1 atom stereocenters. The number of para-hydroxylation sites is 1. The maximum Gasteiger partial charge on any atom is 0.289 e. The summed E-state index contributed by atoms with van der Waals surface area (Å²) >= 11 is 12.0. The highest BCUT2D eigenvalue weighted by atomic mass is 35.5. The van der Waals surface area contributed by atoms with E-state index in [1.54, 1.807) is 12.1 Å². The lowest BCUT2D eigenvalue weighted by atomic mass is 9.88. The third-order valence-corrected chi connectivity index (χ3v) is 7.63. The van der Waals surface area contributed by atoms with Gasteiger partial charge in [-0.15, -0.1) is 0 Å². The number of nitro groups is 1. The molecular weight excluding hydrogens is 562 g/mol. The summed E-state index contributed by atoms with van der Waals surface area (Å²) in [6, 6.07) is 12.0. The number of carbonyl (C=O) groups excluding carboxylic acids is 1. The van der Waals surface area contributed by atoms with Crippen molar-refractivity contribution in [2.45, 2.75) is 36.5 Å². The molecule has 0 spiro atoms. The zero-order valence-electron chi connectivity index (χ0n) is 19.7. The van der Waals surface area contributed by atoms with Gasteiger partial charge in [-0.05, 0) is 42.7 Å². The van der Waals surface area contributed by atoms with Crippen molar-refractivity contribution in [1.29, 1.82) is 0 Å². The van der Waals surface area contributed by atoms with E-state index < -0.39 is 56.7 Å². The van der Waals surface area contributed by atoms with E-state index >= 15 is 4.39 Å². The van der Waals surface area contributed by atoms with Crippen molar-refractivity contribution >= 4 is 44.8 Å². The maximum atomic E-state index is 16.5. The minimum absolute atomic E-state index is 0.0815. The molecule has 2 aromatic carbocycles. The van der Waals surface area contributed by atoms with Gasteiger partial charge in [-0.2, -0.15) is 0 Å². The quantitative estimate of drug-likeness (QED) is 0.214. The lowest BCUT2D eigenvalue weighted by molar-refractivity contribution is -0.387. The Balaban J connectivity index is 1.89. The summed E-state index contributed by atoms with van der Waals surface area (Å²) in [6.07, 6.45) is 0.775. The zero-order valence-corrected chi connectivity index (χ0v) is 22.1. The summed E-state index contributed by atoms with van der Waals surface area (Å²) in [5.41, 5.74) is -3.19. The molecule has 0 unspecified atom stereocenters. The molecule has 0 bridgehead atoms. The van der Waals surface area contributed by atoms with Gasteiger partial charge in [0.25, 0.3) is 11.6 Å². The maximum absolute atomic E-state index is 16.5. The van der Waals surface area contributed by atoms with Gasteiger partial charge >= 0.3 is 0 Å². The number of aliphatic hydroxyl groups excluding tert-OH is 1. The molecule has 3 aromatic rings. The summed E-state index contributed by atoms with van der Waals surface area (Å²) in [7, 11) is -4.41. The molecule has 1 heterocycles. The van der Waals surface area contributed by atoms with Crippen LogP contribution in [0.2, 0.25) is 10.0 Å². The minimum Gasteiger partial charge on any atom is -0.396 e. The molecule has 202 valence electrons. The van der Waals surface area contributed by atoms with Crippen LogP contribution in [0.1, 0.15) is 29.7 Å². The highest BCUT2D eigenvalue weighted by molar-refractivity contribution is 7.89. The predicted molar refractivity (Wildman–Crippen MR) is 139 cm³/mol. The van der Waals surface area contributed by atoms with Gasteiger partial charge < -0.3 is 10.4 Å². The van der Waals surface area contributed by atoms with Crippen molar-refractivity contribution in [3.63, 3.8) is 0 Å². The first kappa shape index (κ1) is 29.4. The first-order chi connectivity index (χ1) is 18.0. The second kappa shape index (κ2) is 12.6. The number of alkyl halides is 1. The van der Waals surface area contributed by atoms with E-state index in [0.717, 1.165) is 12.1 Å². The van der Waals surface area contributed by atoms with Crippen LogP contribution < -0.4 is 10.0 Å². The van der Waals surface area contributed by atoms with Crippen molar-refractivity contribution in [2.75, 3.05) is 6.61 Å². The molecule has 0 aliphatic carbocycles. The highest BCUT2D eigenvalue weighted by Gasteiger charge is 2.42. The lowest BCUT2D eigenvalue weighted by Gasteiger charge is -2.26. The summed E-state index contributed by atoms with van der Waals surface area (Å²) in [5.74, 6) is -1.05. The van der Waals surface area contributed by atoms with Gasteiger partial charge in [0, 0.05) is 41.0 Å². The number of carbonyl (C=O) groups is 1. The standard InChI is InChI=1S/C24H23Cl2FN4O6S/c25-17-9-8-16(19(26)13-17)14-29-23(33)24(27,10-4-12-32)18-5-3-11-28-20(18)15-30-38(36,37)22-7-2-1-6-21(22)31(34)35/h1-3,5-9,11,13,30,32H,4,10,12,14-15H2,(H,29,33)/t24-/m0/s1. The number of amides is 1. The number of nitro benzene ring substituents is 1. The summed E-state index contributed by atoms with van der Waals surface area (Å²) < 4.78 is 44.3. The van der Waals surface area contributed by atoms with E-state index in [1.807, 2.05) is 0 Å². The molecule has 0 radical (unpaired) electrons. The fourth-order valence-corrected chi connectivity index (χ4v) is 5.32. The summed E-state index contributed by atoms with van der Waals surface area (Å²) in [5, 5.41) is 23.7. The number of halogens is 3. The van der Waals surface area contributed by atoms with Crippen LogP contribution in [-0.2, 0) is 33.6 Å². The number of rotatable bonds is 12. The first-order valence-electron chi connectivity index (χ1n) is 11.2. The predicted octanol–water partition coefficient (Wildman–Crippen LogP) is 4.03. The average molecular weight is 585 g/mol. The van der Waals surface area contributed by atoms with Gasteiger partial charge in [-0.3, -0.25) is 19.9 Å². The number of hydrogen-bond donors (Lipinski definition) is 3. The SMILES string of the molecule is O=C(NCc1ccc(Cl)cc1Cl)[C@](F)(CCCO)c1cccnc1CNS(=O)(=O)c1ccccc1[N+](=O)[O-]. The van der Waals surface area contributed by atoms with Crippen LogP contribution in [0.5, 0.6) is 0 Å².